The van der Waals surface area contributed by atoms with Crippen LogP contribution in [0.25, 0.3) is 0 Å². The molecule has 2 rings (SSSR count). The molecule has 1 aliphatic carbocycles. The topological polar surface area (TPSA) is 34.9 Å². The highest BCUT2D eigenvalue weighted by Gasteiger charge is 2.30. The van der Waals surface area contributed by atoms with Crippen molar-refractivity contribution in [3.63, 3.8) is 0 Å². The summed E-state index contributed by atoms with van der Waals surface area (Å²) in [7, 11) is 0. The van der Waals surface area contributed by atoms with Crippen molar-refractivity contribution >= 4 is 5.78 Å². The van der Waals surface area contributed by atoms with Gasteiger partial charge in [-0.1, -0.05) is 20.3 Å². The van der Waals surface area contributed by atoms with Gasteiger partial charge in [-0.2, -0.15) is 5.10 Å². The van der Waals surface area contributed by atoms with Gasteiger partial charge >= 0.3 is 0 Å². The minimum Gasteiger partial charge on any atom is -0.292 e. The van der Waals surface area contributed by atoms with E-state index in [1.807, 2.05) is 10.7 Å². The van der Waals surface area contributed by atoms with Crippen molar-refractivity contribution in [3.8, 4) is 0 Å². The van der Waals surface area contributed by atoms with Crippen molar-refractivity contribution in [3.05, 3.63) is 18.0 Å². The zero-order valence-corrected chi connectivity index (χ0v) is 10.9. The van der Waals surface area contributed by atoms with Crippen molar-refractivity contribution in [2.75, 3.05) is 0 Å². The molecule has 1 aromatic rings. The Labute approximate surface area is 103 Å². The lowest BCUT2D eigenvalue weighted by Crippen LogP contribution is -2.17. The number of hydrogen-bond acceptors (Lipinski definition) is 2. The van der Waals surface area contributed by atoms with Crippen LogP contribution < -0.4 is 0 Å². The molecule has 2 unspecified atom stereocenters. The van der Waals surface area contributed by atoms with Crippen LogP contribution in [0, 0.1) is 11.8 Å². The molecule has 1 aromatic heterocycles. The molecule has 2 atom stereocenters. The number of rotatable bonds is 5. The molecule has 0 aromatic carbocycles. The molecule has 1 fully saturated rings. The number of carbonyl (C=O) groups is 1. The number of carbonyl (C=O) groups excluding carboxylic acids is 1. The van der Waals surface area contributed by atoms with Crippen LogP contribution in [0.15, 0.2) is 12.3 Å². The smallest absolute Gasteiger partial charge is 0.183 e. The summed E-state index contributed by atoms with van der Waals surface area (Å²) in [5, 5.41) is 4.23. The molecule has 0 N–H and O–H groups in total. The van der Waals surface area contributed by atoms with E-state index in [1.54, 1.807) is 6.20 Å². The second-order valence-electron chi connectivity index (χ2n) is 5.09. The number of nitrogens with zero attached hydrogens (tertiary/aromatic N) is 2. The van der Waals surface area contributed by atoms with Crippen LogP contribution in [0.1, 0.15) is 56.4 Å². The molecular formula is C14H22N2O. The largest absolute Gasteiger partial charge is 0.292 e. The van der Waals surface area contributed by atoms with Gasteiger partial charge in [0.25, 0.3) is 0 Å². The van der Waals surface area contributed by atoms with Gasteiger partial charge in [0.15, 0.2) is 5.78 Å². The second-order valence-corrected chi connectivity index (χ2v) is 5.09. The Kier molecular flexibility index (Phi) is 3.97. The quantitative estimate of drug-likeness (QED) is 0.733. The van der Waals surface area contributed by atoms with E-state index < -0.39 is 0 Å². The predicted octanol–water partition coefficient (Wildman–Crippen LogP) is 3.30. The van der Waals surface area contributed by atoms with Crippen molar-refractivity contribution in [2.45, 2.75) is 52.5 Å². The maximum atomic E-state index is 12.4. The minimum atomic E-state index is 0.243. The van der Waals surface area contributed by atoms with Gasteiger partial charge in [-0.05, 0) is 37.7 Å². The average molecular weight is 234 g/mol. The highest BCUT2D eigenvalue weighted by Crippen LogP contribution is 2.34. The zero-order chi connectivity index (χ0) is 12.3. The van der Waals surface area contributed by atoms with Gasteiger partial charge in [0.05, 0.1) is 0 Å². The van der Waals surface area contributed by atoms with Gasteiger partial charge in [0.1, 0.15) is 5.69 Å². The van der Waals surface area contributed by atoms with Crippen LogP contribution in [0.5, 0.6) is 0 Å². The van der Waals surface area contributed by atoms with Gasteiger partial charge in [0, 0.05) is 18.7 Å². The molecule has 1 heterocycles. The van der Waals surface area contributed by atoms with Gasteiger partial charge < -0.3 is 0 Å². The molecule has 1 saturated carbocycles. The lowest BCUT2D eigenvalue weighted by atomic mass is 9.97. The van der Waals surface area contributed by atoms with Crippen molar-refractivity contribution < 1.29 is 4.79 Å². The second kappa shape index (κ2) is 5.48. The summed E-state index contributed by atoms with van der Waals surface area (Å²) in [6, 6.07) is 1.87. The van der Waals surface area contributed by atoms with E-state index >= 15 is 0 Å². The monoisotopic (exact) mass is 234 g/mol. The highest BCUT2D eigenvalue weighted by molar-refractivity contribution is 5.96. The molecule has 0 aliphatic heterocycles. The highest BCUT2D eigenvalue weighted by atomic mass is 16.1. The summed E-state index contributed by atoms with van der Waals surface area (Å²) in [5.41, 5.74) is 0.814. The third-order valence-corrected chi connectivity index (χ3v) is 3.89. The van der Waals surface area contributed by atoms with E-state index in [1.165, 1.54) is 12.8 Å². The van der Waals surface area contributed by atoms with Gasteiger partial charge in [-0.3, -0.25) is 9.48 Å². The fourth-order valence-electron chi connectivity index (χ4n) is 2.82. The third-order valence-electron chi connectivity index (χ3n) is 3.89. The number of hydrogen-bond donors (Lipinski definition) is 0. The summed E-state index contributed by atoms with van der Waals surface area (Å²) in [6.45, 7) is 5.18. The van der Waals surface area contributed by atoms with Crippen LogP contribution in [-0.2, 0) is 6.54 Å². The Morgan fingerprint density at radius 1 is 1.47 bits per heavy atom. The minimum absolute atomic E-state index is 0.243. The standard InChI is InChI=1S/C14H22N2O/c1-3-9-16-13(7-8-15-16)14(17)12-6-5-11(4-2)10-12/h7-8,11-12H,3-6,9-10H2,1-2H3. The maximum Gasteiger partial charge on any atom is 0.183 e. The Balaban J connectivity index is 2.06. The first kappa shape index (κ1) is 12.3. The predicted molar refractivity (Wildman–Crippen MR) is 68.0 cm³/mol. The van der Waals surface area contributed by atoms with Crippen LogP contribution >= 0.6 is 0 Å². The Bertz CT molecular complexity index is 383. The number of aryl methyl sites for hydroxylation is 1. The van der Waals surface area contributed by atoms with Gasteiger partial charge in [-0.25, -0.2) is 0 Å². The van der Waals surface area contributed by atoms with E-state index in [-0.39, 0.29) is 5.92 Å². The van der Waals surface area contributed by atoms with Crippen molar-refractivity contribution in [1.82, 2.24) is 9.78 Å². The SMILES string of the molecule is CCCn1nccc1C(=O)C1CCC(CC)C1. The van der Waals surface area contributed by atoms with Gasteiger partial charge in [0.2, 0.25) is 0 Å². The summed E-state index contributed by atoms with van der Waals surface area (Å²) < 4.78 is 1.86. The van der Waals surface area contributed by atoms with E-state index in [0.29, 0.717) is 5.78 Å². The van der Waals surface area contributed by atoms with Crippen LogP contribution in [-0.4, -0.2) is 15.6 Å². The Hall–Kier alpha value is -1.12. The zero-order valence-electron chi connectivity index (χ0n) is 10.9. The molecule has 0 amide bonds. The van der Waals surface area contributed by atoms with Crippen LogP contribution in [0.4, 0.5) is 0 Å². The van der Waals surface area contributed by atoms with Crippen molar-refractivity contribution in [1.29, 1.82) is 0 Å². The molecule has 0 saturated heterocycles. The molecule has 94 valence electrons. The summed E-state index contributed by atoms with van der Waals surface area (Å²) >= 11 is 0. The number of ketones is 1. The molecule has 0 spiro atoms. The number of Topliss-reactive ketones (excluding diaryl/α,β-unsaturated/α-hetero) is 1. The summed E-state index contributed by atoms with van der Waals surface area (Å²) in [4.78, 5) is 12.4. The first-order chi connectivity index (χ1) is 8.26. The first-order valence-electron chi connectivity index (χ1n) is 6.82. The van der Waals surface area contributed by atoms with E-state index in [2.05, 4.69) is 18.9 Å². The van der Waals surface area contributed by atoms with Crippen molar-refractivity contribution in [2.24, 2.45) is 11.8 Å². The third kappa shape index (κ3) is 2.59. The molecular weight excluding hydrogens is 212 g/mol. The summed E-state index contributed by atoms with van der Waals surface area (Å²) in [6.07, 6.45) is 7.33. The molecule has 1 aliphatic rings. The normalized spacial score (nSPS) is 24.1. The first-order valence-corrected chi connectivity index (χ1v) is 6.82. The Morgan fingerprint density at radius 2 is 2.29 bits per heavy atom. The number of aromatic nitrogens is 2. The van der Waals surface area contributed by atoms with Crippen LogP contribution in [0.2, 0.25) is 0 Å². The van der Waals surface area contributed by atoms with Crippen LogP contribution in [0.3, 0.4) is 0 Å². The molecule has 17 heavy (non-hydrogen) atoms. The maximum absolute atomic E-state index is 12.4. The fourth-order valence-corrected chi connectivity index (χ4v) is 2.82. The fraction of sp³-hybridized carbons (Fsp3) is 0.714. The van der Waals surface area contributed by atoms with E-state index in [4.69, 9.17) is 0 Å². The lowest BCUT2D eigenvalue weighted by Gasteiger charge is -2.10. The Morgan fingerprint density at radius 3 is 2.94 bits per heavy atom. The molecule has 3 nitrogen and oxygen atoms in total. The molecule has 0 radical (unpaired) electrons. The molecule has 3 heteroatoms. The van der Waals surface area contributed by atoms with E-state index in [9.17, 15) is 4.79 Å². The summed E-state index contributed by atoms with van der Waals surface area (Å²) in [5.74, 6) is 1.31. The lowest BCUT2D eigenvalue weighted by molar-refractivity contribution is 0.0908. The average Bonchev–Trinajstić information content (AvgIpc) is 2.97. The van der Waals surface area contributed by atoms with Gasteiger partial charge in [-0.15, -0.1) is 0 Å². The van der Waals surface area contributed by atoms with E-state index in [0.717, 1.165) is 37.4 Å². The molecule has 0 bridgehead atoms.